The zero-order valence-corrected chi connectivity index (χ0v) is 17.2. The molecule has 4 aromatic rings. The SMILES string of the molecule is COc1cccc(-c2nn(Cc3ccccc3)cc2/C=N\Nc2nc(C)cc(=O)[nH]2)c1. The predicted octanol–water partition coefficient (Wildman–Crippen LogP) is 3.44. The van der Waals surface area contributed by atoms with E-state index in [1.54, 1.807) is 20.2 Å². The average Bonchev–Trinajstić information content (AvgIpc) is 3.16. The van der Waals surface area contributed by atoms with Crippen LogP contribution >= 0.6 is 0 Å². The fraction of sp³-hybridized carbons (Fsp3) is 0.130. The van der Waals surface area contributed by atoms with Gasteiger partial charge in [-0.3, -0.25) is 14.5 Å². The van der Waals surface area contributed by atoms with Gasteiger partial charge in [-0.2, -0.15) is 10.2 Å². The quantitative estimate of drug-likeness (QED) is 0.357. The van der Waals surface area contributed by atoms with Crippen LogP contribution < -0.4 is 15.7 Å². The Morgan fingerprint density at radius 2 is 2.00 bits per heavy atom. The summed E-state index contributed by atoms with van der Waals surface area (Å²) in [6, 6.07) is 19.2. The highest BCUT2D eigenvalue weighted by atomic mass is 16.5. The Hall–Kier alpha value is -4.20. The fourth-order valence-electron chi connectivity index (χ4n) is 3.17. The number of anilines is 1. The van der Waals surface area contributed by atoms with Gasteiger partial charge in [-0.25, -0.2) is 10.4 Å². The third-order valence-electron chi connectivity index (χ3n) is 4.56. The van der Waals surface area contributed by atoms with Crippen molar-refractivity contribution in [2.45, 2.75) is 13.5 Å². The molecule has 0 radical (unpaired) electrons. The van der Waals surface area contributed by atoms with Gasteiger partial charge in [0.2, 0.25) is 5.95 Å². The maximum Gasteiger partial charge on any atom is 0.252 e. The topological polar surface area (TPSA) is 97.2 Å². The van der Waals surface area contributed by atoms with E-state index in [2.05, 4.69) is 32.6 Å². The Labute approximate surface area is 179 Å². The number of hydrazone groups is 1. The van der Waals surface area contributed by atoms with Crippen molar-refractivity contribution < 1.29 is 4.74 Å². The molecule has 0 aliphatic rings. The third-order valence-corrected chi connectivity index (χ3v) is 4.56. The van der Waals surface area contributed by atoms with Gasteiger partial charge in [-0.15, -0.1) is 0 Å². The molecule has 0 saturated heterocycles. The molecule has 2 N–H and O–H groups in total. The second-order valence-electron chi connectivity index (χ2n) is 6.95. The monoisotopic (exact) mass is 414 g/mol. The highest BCUT2D eigenvalue weighted by Crippen LogP contribution is 2.25. The highest BCUT2D eigenvalue weighted by Gasteiger charge is 2.11. The van der Waals surface area contributed by atoms with E-state index in [0.717, 1.165) is 28.1 Å². The van der Waals surface area contributed by atoms with Crippen LogP contribution in [-0.4, -0.2) is 33.1 Å². The van der Waals surface area contributed by atoms with E-state index in [9.17, 15) is 4.79 Å². The molecule has 156 valence electrons. The molecule has 2 heterocycles. The molecule has 0 saturated carbocycles. The van der Waals surface area contributed by atoms with Gasteiger partial charge in [0.1, 0.15) is 11.4 Å². The summed E-state index contributed by atoms with van der Waals surface area (Å²) in [4.78, 5) is 18.4. The highest BCUT2D eigenvalue weighted by molar-refractivity contribution is 5.89. The Balaban J connectivity index is 1.65. The second kappa shape index (κ2) is 9.08. The molecule has 0 fully saturated rings. The van der Waals surface area contributed by atoms with Crippen molar-refractivity contribution in [2.75, 3.05) is 12.5 Å². The Kier molecular flexibility index (Phi) is 5.89. The van der Waals surface area contributed by atoms with Crippen LogP contribution in [0.3, 0.4) is 0 Å². The molecular formula is C23H22N6O2. The molecule has 0 bridgehead atoms. The first-order valence-electron chi connectivity index (χ1n) is 9.73. The summed E-state index contributed by atoms with van der Waals surface area (Å²) >= 11 is 0. The van der Waals surface area contributed by atoms with Crippen LogP contribution in [0, 0.1) is 6.92 Å². The molecule has 0 spiro atoms. The van der Waals surface area contributed by atoms with Gasteiger partial charge in [-0.1, -0.05) is 42.5 Å². The van der Waals surface area contributed by atoms with Gasteiger partial charge < -0.3 is 4.74 Å². The minimum Gasteiger partial charge on any atom is -0.497 e. The lowest BCUT2D eigenvalue weighted by Crippen LogP contribution is -2.10. The Morgan fingerprint density at radius 3 is 2.77 bits per heavy atom. The normalized spacial score (nSPS) is 11.0. The molecule has 2 aromatic carbocycles. The van der Waals surface area contributed by atoms with Crippen LogP contribution in [0.1, 0.15) is 16.8 Å². The number of rotatable bonds is 7. The fourth-order valence-corrected chi connectivity index (χ4v) is 3.17. The largest absolute Gasteiger partial charge is 0.497 e. The minimum absolute atomic E-state index is 0.238. The first-order chi connectivity index (χ1) is 15.1. The Morgan fingerprint density at radius 1 is 1.16 bits per heavy atom. The number of aryl methyl sites for hydroxylation is 1. The van der Waals surface area contributed by atoms with Crippen molar-refractivity contribution in [2.24, 2.45) is 5.10 Å². The molecule has 2 aromatic heterocycles. The minimum atomic E-state index is -0.238. The van der Waals surface area contributed by atoms with Gasteiger partial charge in [0.25, 0.3) is 5.56 Å². The number of ether oxygens (including phenoxy) is 1. The van der Waals surface area contributed by atoms with Gasteiger partial charge in [0.15, 0.2) is 0 Å². The van der Waals surface area contributed by atoms with Crippen molar-refractivity contribution in [1.29, 1.82) is 0 Å². The zero-order chi connectivity index (χ0) is 21.6. The summed E-state index contributed by atoms with van der Waals surface area (Å²) in [7, 11) is 1.63. The summed E-state index contributed by atoms with van der Waals surface area (Å²) in [6.45, 7) is 2.38. The average molecular weight is 414 g/mol. The second-order valence-corrected chi connectivity index (χ2v) is 6.95. The summed E-state index contributed by atoms with van der Waals surface area (Å²) in [5, 5.41) is 9.02. The lowest BCUT2D eigenvalue weighted by atomic mass is 10.1. The molecule has 0 unspecified atom stereocenters. The maximum atomic E-state index is 11.6. The van der Waals surface area contributed by atoms with E-state index < -0.39 is 0 Å². The summed E-state index contributed by atoms with van der Waals surface area (Å²) in [5.74, 6) is 1.03. The molecule has 8 nitrogen and oxygen atoms in total. The number of hydrogen-bond donors (Lipinski definition) is 2. The van der Waals surface area contributed by atoms with Gasteiger partial charge in [-0.05, 0) is 24.6 Å². The maximum absolute atomic E-state index is 11.6. The number of methoxy groups -OCH3 is 1. The van der Waals surface area contributed by atoms with Crippen LogP contribution in [0.2, 0.25) is 0 Å². The van der Waals surface area contributed by atoms with Crippen molar-refractivity contribution in [3.05, 3.63) is 94.0 Å². The predicted molar refractivity (Wildman–Crippen MR) is 121 cm³/mol. The lowest BCUT2D eigenvalue weighted by molar-refractivity contribution is 0.415. The molecule has 31 heavy (non-hydrogen) atoms. The van der Waals surface area contributed by atoms with E-state index in [4.69, 9.17) is 9.84 Å². The van der Waals surface area contributed by atoms with E-state index in [-0.39, 0.29) is 11.5 Å². The van der Waals surface area contributed by atoms with E-state index in [1.807, 2.05) is 53.3 Å². The van der Waals surface area contributed by atoms with Crippen LogP contribution in [0.4, 0.5) is 5.95 Å². The molecular weight excluding hydrogens is 392 g/mol. The number of aromatic amines is 1. The molecule has 0 amide bonds. The van der Waals surface area contributed by atoms with Crippen LogP contribution in [0.25, 0.3) is 11.3 Å². The van der Waals surface area contributed by atoms with E-state index >= 15 is 0 Å². The molecule has 0 aliphatic carbocycles. The number of nitrogens with one attached hydrogen (secondary N) is 2. The van der Waals surface area contributed by atoms with Gasteiger partial charge >= 0.3 is 0 Å². The number of H-pyrrole nitrogens is 1. The van der Waals surface area contributed by atoms with Crippen molar-refractivity contribution in [3.63, 3.8) is 0 Å². The summed E-state index contributed by atoms with van der Waals surface area (Å²) in [6.07, 6.45) is 3.59. The number of aromatic nitrogens is 4. The van der Waals surface area contributed by atoms with Crippen molar-refractivity contribution in [3.8, 4) is 17.0 Å². The van der Waals surface area contributed by atoms with Crippen LogP contribution in [0.15, 0.2) is 76.8 Å². The molecule has 0 aliphatic heterocycles. The summed E-state index contributed by atoms with van der Waals surface area (Å²) in [5.41, 5.74) is 6.78. The third kappa shape index (κ3) is 5.05. The first kappa shape index (κ1) is 20.1. The number of hydrogen-bond acceptors (Lipinski definition) is 6. The van der Waals surface area contributed by atoms with Gasteiger partial charge in [0.05, 0.1) is 19.9 Å². The van der Waals surface area contributed by atoms with Crippen LogP contribution in [0.5, 0.6) is 5.75 Å². The number of nitrogens with zero attached hydrogens (tertiary/aromatic N) is 4. The Bertz CT molecular complexity index is 1260. The zero-order valence-electron chi connectivity index (χ0n) is 17.2. The standard InChI is InChI=1S/C23H22N6O2/c1-16-11-21(30)26-23(25-16)27-24-13-19-15-29(14-17-7-4-3-5-8-17)28-22(19)18-9-6-10-20(12-18)31-2/h3-13,15H,14H2,1-2H3,(H2,25,26,27,30)/b24-13-. The van der Waals surface area contributed by atoms with Crippen molar-refractivity contribution in [1.82, 2.24) is 19.7 Å². The van der Waals surface area contributed by atoms with Crippen LogP contribution in [-0.2, 0) is 6.54 Å². The molecule has 8 heteroatoms. The molecule has 0 atom stereocenters. The number of benzene rings is 2. The van der Waals surface area contributed by atoms with Gasteiger partial charge in [0, 0.05) is 29.1 Å². The lowest BCUT2D eigenvalue weighted by Gasteiger charge is -2.04. The molecule has 4 rings (SSSR count). The smallest absolute Gasteiger partial charge is 0.252 e. The van der Waals surface area contributed by atoms with Crippen molar-refractivity contribution >= 4 is 12.2 Å². The van der Waals surface area contributed by atoms with E-state index in [1.165, 1.54) is 6.07 Å². The first-order valence-corrected chi connectivity index (χ1v) is 9.73. The van der Waals surface area contributed by atoms with E-state index in [0.29, 0.717) is 12.2 Å². The summed E-state index contributed by atoms with van der Waals surface area (Å²) < 4.78 is 7.23.